The number of methoxy groups -OCH3 is 1. The standard InChI is InChI=1S/C20H20FN3O4/c1-3-16(27-17-7-5-4-6-15(17)21)20(25)22-12-18-23-19(24-28-18)13-8-10-14(26-2)11-9-13/h4-11,16H,3,12H2,1-2H3,(H,22,25)/t16-/m0/s1. The highest BCUT2D eigenvalue weighted by molar-refractivity contribution is 5.81. The Morgan fingerprint density at radius 2 is 1.96 bits per heavy atom. The molecule has 3 rings (SSSR count). The summed E-state index contributed by atoms with van der Waals surface area (Å²) in [7, 11) is 1.59. The van der Waals surface area contributed by atoms with Crippen molar-refractivity contribution in [1.82, 2.24) is 15.5 Å². The van der Waals surface area contributed by atoms with Gasteiger partial charge in [0.15, 0.2) is 17.7 Å². The first-order valence-electron chi connectivity index (χ1n) is 8.76. The number of amides is 1. The van der Waals surface area contributed by atoms with E-state index in [2.05, 4.69) is 15.5 Å². The summed E-state index contributed by atoms with van der Waals surface area (Å²) in [6.07, 6.45) is -0.456. The second kappa shape index (κ2) is 8.98. The molecule has 1 aromatic heterocycles. The number of benzene rings is 2. The van der Waals surface area contributed by atoms with Crippen molar-refractivity contribution in [2.45, 2.75) is 26.0 Å². The Kier molecular flexibility index (Phi) is 6.21. The second-order valence-electron chi connectivity index (χ2n) is 5.90. The quantitative estimate of drug-likeness (QED) is 0.640. The predicted octanol–water partition coefficient (Wildman–Crippen LogP) is 3.36. The molecule has 0 aliphatic rings. The molecule has 0 radical (unpaired) electrons. The number of nitrogens with zero attached hydrogens (tertiary/aromatic N) is 2. The number of hydrogen-bond donors (Lipinski definition) is 1. The minimum Gasteiger partial charge on any atom is -0.497 e. The van der Waals surface area contributed by atoms with Gasteiger partial charge in [-0.15, -0.1) is 0 Å². The van der Waals surface area contributed by atoms with Crippen LogP contribution in [-0.2, 0) is 11.3 Å². The molecule has 8 heteroatoms. The summed E-state index contributed by atoms with van der Waals surface area (Å²) >= 11 is 0. The number of ether oxygens (including phenoxy) is 2. The van der Waals surface area contributed by atoms with Gasteiger partial charge in [-0.05, 0) is 42.8 Å². The molecule has 1 atom stereocenters. The van der Waals surface area contributed by atoms with Crippen LogP contribution < -0.4 is 14.8 Å². The highest BCUT2D eigenvalue weighted by atomic mass is 19.1. The smallest absolute Gasteiger partial charge is 0.261 e. The summed E-state index contributed by atoms with van der Waals surface area (Å²) in [6.45, 7) is 1.82. The van der Waals surface area contributed by atoms with Gasteiger partial charge in [0.1, 0.15) is 5.75 Å². The lowest BCUT2D eigenvalue weighted by Gasteiger charge is -2.17. The number of halogens is 1. The Balaban J connectivity index is 1.59. The maximum Gasteiger partial charge on any atom is 0.261 e. The third-order valence-electron chi connectivity index (χ3n) is 4.00. The van der Waals surface area contributed by atoms with Crippen LogP contribution in [0.2, 0.25) is 0 Å². The molecule has 0 aliphatic carbocycles. The molecule has 1 amide bonds. The Labute approximate surface area is 161 Å². The molecular formula is C20H20FN3O4. The maximum absolute atomic E-state index is 13.7. The van der Waals surface area contributed by atoms with Crippen molar-refractivity contribution in [3.8, 4) is 22.9 Å². The monoisotopic (exact) mass is 385 g/mol. The molecule has 1 heterocycles. The van der Waals surface area contributed by atoms with Crippen molar-refractivity contribution in [2.24, 2.45) is 0 Å². The molecule has 0 bridgehead atoms. The normalized spacial score (nSPS) is 11.7. The molecule has 0 unspecified atom stereocenters. The minimum absolute atomic E-state index is 0.0316. The van der Waals surface area contributed by atoms with Crippen LogP contribution in [0.1, 0.15) is 19.2 Å². The van der Waals surface area contributed by atoms with Gasteiger partial charge in [0.25, 0.3) is 5.91 Å². The van der Waals surface area contributed by atoms with Gasteiger partial charge < -0.3 is 19.3 Å². The third-order valence-corrected chi connectivity index (χ3v) is 4.00. The van der Waals surface area contributed by atoms with Crippen LogP contribution in [0.15, 0.2) is 53.1 Å². The molecule has 0 aliphatic heterocycles. The van der Waals surface area contributed by atoms with E-state index in [9.17, 15) is 9.18 Å². The lowest BCUT2D eigenvalue weighted by atomic mass is 10.2. The fourth-order valence-electron chi connectivity index (χ4n) is 2.48. The molecule has 146 valence electrons. The van der Waals surface area contributed by atoms with Crippen LogP contribution in [0.3, 0.4) is 0 Å². The van der Waals surface area contributed by atoms with Crippen LogP contribution in [0, 0.1) is 5.82 Å². The van der Waals surface area contributed by atoms with Crippen molar-refractivity contribution >= 4 is 5.91 Å². The van der Waals surface area contributed by atoms with E-state index in [1.807, 2.05) is 0 Å². The lowest BCUT2D eigenvalue weighted by molar-refractivity contribution is -0.128. The number of nitrogens with one attached hydrogen (secondary N) is 1. The number of aromatic nitrogens is 2. The lowest BCUT2D eigenvalue weighted by Crippen LogP contribution is -2.37. The third kappa shape index (κ3) is 4.64. The van der Waals surface area contributed by atoms with Crippen LogP contribution in [0.4, 0.5) is 4.39 Å². The molecule has 3 aromatic rings. The first-order valence-corrected chi connectivity index (χ1v) is 8.76. The minimum atomic E-state index is -0.833. The van der Waals surface area contributed by atoms with Gasteiger partial charge in [-0.25, -0.2) is 4.39 Å². The maximum atomic E-state index is 13.7. The van der Waals surface area contributed by atoms with Gasteiger partial charge in [0.2, 0.25) is 11.7 Å². The van der Waals surface area contributed by atoms with Crippen molar-refractivity contribution in [3.63, 3.8) is 0 Å². The van der Waals surface area contributed by atoms with Gasteiger partial charge in [0, 0.05) is 5.56 Å². The number of hydrogen-bond acceptors (Lipinski definition) is 6. The molecule has 0 fully saturated rings. The second-order valence-corrected chi connectivity index (χ2v) is 5.90. The van der Waals surface area contributed by atoms with Crippen molar-refractivity contribution in [3.05, 3.63) is 60.2 Å². The Bertz CT molecular complexity index is 927. The van der Waals surface area contributed by atoms with E-state index in [0.717, 1.165) is 11.3 Å². The van der Waals surface area contributed by atoms with Gasteiger partial charge in [0.05, 0.1) is 13.7 Å². The summed E-state index contributed by atoms with van der Waals surface area (Å²) in [5.41, 5.74) is 0.761. The topological polar surface area (TPSA) is 86.5 Å². The number of carbonyl (C=O) groups is 1. The highest BCUT2D eigenvalue weighted by Gasteiger charge is 2.20. The number of rotatable bonds is 8. The number of carbonyl (C=O) groups excluding carboxylic acids is 1. The largest absolute Gasteiger partial charge is 0.497 e. The Hall–Kier alpha value is -3.42. The van der Waals surface area contributed by atoms with Gasteiger partial charge in [-0.3, -0.25) is 4.79 Å². The summed E-state index contributed by atoms with van der Waals surface area (Å²) in [4.78, 5) is 16.6. The molecule has 28 heavy (non-hydrogen) atoms. The molecule has 7 nitrogen and oxygen atoms in total. The summed E-state index contributed by atoms with van der Waals surface area (Å²) in [5, 5.41) is 6.58. The van der Waals surface area contributed by atoms with E-state index in [0.29, 0.717) is 12.2 Å². The van der Waals surface area contributed by atoms with Crippen molar-refractivity contribution < 1.29 is 23.2 Å². The predicted molar refractivity (Wildman–Crippen MR) is 99.2 cm³/mol. The van der Waals surface area contributed by atoms with E-state index < -0.39 is 17.8 Å². The fraction of sp³-hybridized carbons (Fsp3) is 0.250. The zero-order valence-electron chi connectivity index (χ0n) is 15.5. The van der Waals surface area contributed by atoms with E-state index in [1.54, 1.807) is 50.4 Å². The summed E-state index contributed by atoms with van der Waals surface area (Å²) in [5.74, 6) is 0.496. The number of para-hydroxylation sites is 1. The first-order chi connectivity index (χ1) is 13.6. The Morgan fingerprint density at radius 3 is 2.64 bits per heavy atom. The van der Waals surface area contributed by atoms with Gasteiger partial charge >= 0.3 is 0 Å². The van der Waals surface area contributed by atoms with Crippen molar-refractivity contribution in [1.29, 1.82) is 0 Å². The SMILES string of the molecule is CC[C@H](Oc1ccccc1F)C(=O)NCc1nc(-c2ccc(OC)cc2)no1. The summed E-state index contributed by atoms with van der Waals surface area (Å²) < 4.78 is 29.5. The van der Waals surface area contributed by atoms with Crippen LogP contribution in [-0.4, -0.2) is 29.3 Å². The van der Waals surface area contributed by atoms with Crippen molar-refractivity contribution in [2.75, 3.05) is 7.11 Å². The first kappa shape index (κ1) is 19.3. The molecule has 0 saturated carbocycles. The molecule has 2 aromatic carbocycles. The van der Waals surface area contributed by atoms with E-state index >= 15 is 0 Å². The fourth-order valence-corrected chi connectivity index (χ4v) is 2.48. The Morgan fingerprint density at radius 1 is 1.21 bits per heavy atom. The molecule has 1 N–H and O–H groups in total. The summed E-state index contributed by atoms with van der Waals surface area (Å²) in [6, 6.07) is 13.1. The highest BCUT2D eigenvalue weighted by Crippen LogP contribution is 2.20. The van der Waals surface area contributed by atoms with Gasteiger partial charge in [-0.1, -0.05) is 24.2 Å². The molecule has 0 saturated heterocycles. The molecule has 0 spiro atoms. The zero-order chi connectivity index (χ0) is 19.9. The van der Waals surface area contributed by atoms with Gasteiger partial charge in [-0.2, -0.15) is 4.98 Å². The zero-order valence-corrected chi connectivity index (χ0v) is 15.5. The van der Waals surface area contributed by atoms with Crippen LogP contribution >= 0.6 is 0 Å². The molecular weight excluding hydrogens is 365 g/mol. The van der Waals surface area contributed by atoms with E-state index in [4.69, 9.17) is 14.0 Å². The average Bonchev–Trinajstić information content (AvgIpc) is 3.20. The van der Waals surface area contributed by atoms with Crippen LogP contribution in [0.5, 0.6) is 11.5 Å². The van der Waals surface area contributed by atoms with Crippen LogP contribution in [0.25, 0.3) is 11.4 Å². The van der Waals surface area contributed by atoms with E-state index in [-0.39, 0.29) is 18.2 Å². The van der Waals surface area contributed by atoms with E-state index in [1.165, 1.54) is 12.1 Å². The average molecular weight is 385 g/mol.